The number of nitrogens with one attached hydrogen (secondary N) is 3. The molecule has 3 N–H and O–H groups in total. The summed E-state index contributed by atoms with van der Waals surface area (Å²) in [6.07, 6.45) is 3.23. The van der Waals surface area contributed by atoms with Crippen molar-refractivity contribution in [3.63, 3.8) is 0 Å². The molecular weight excluding hydrogens is 400 g/mol. The molecule has 0 saturated heterocycles. The Morgan fingerprint density at radius 3 is 2.23 bits per heavy atom. The molecule has 0 aliphatic rings. The standard InChI is InChI=1S/C21H14N6O4/c28-17-5-2-12(9-22-17)11-1-4-15-14(7-11)21(30)25-16(24-15)8-19-26-20(27-31-19)13-3-6-18(29)23-10-13/h1-7,9-10H,8H2,(H,22,28)(H,23,29)(H,24,25,30). The second-order valence-corrected chi connectivity index (χ2v) is 6.82. The smallest absolute Gasteiger partial charge is 0.258 e. The molecule has 0 fully saturated rings. The summed E-state index contributed by atoms with van der Waals surface area (Å²) in [5, 5.41) is 4.32. The summed E-state index contributed by atoms with van der Waals surface area (Å²) in [5.41, 5.74) is 1.97. The number of H-pyrrole nitrogens is 3. The van der Waals surface area contributed by atoms with Crippen molar-refractivity contribution in [3.05, 3.63) is 97.6 Å². The zero-order chi connectivity index (χ0) is 21.4. The zero-order valence-corrected chi connectivity index (χ0v) is 15.9. The topological polar surface area (TPSA) is 150 Å². The van der Waals surface area contributed by atoms with Gasteiger partial charge in [0.25, 0.3) is 5.56 Å². The van der Waals surface area contributed by atoms with Gasteiger partial charge in [-0.1, -0.05) is 11.2 Å². The summed E-state index contributed by atoms with van der Waals surface area (Å²) < 4.78 is 5.25. The molecule has 1 aromatic carbocycles. The van der Waals surface area contributed by atoms with E-state index in [4.69, 9.17) is 4.52 Å². The Balaban J connectivity index is 1.45. The molecule has 0 bridgehead atoms. The first-order valence-corrected chi connectivity index (χ1v) is 9.29. The van der Waals surface area contributed by atoms with Crippen molar-refractivity contribution in [1.82, 2.24) is 30.1 Å². The van der Waals surface area contributed by atoms with E-state index in [9.17, 15) is 14.4 Å². The van der Waals surface area contributed by atoms with Gasteiger partial charge in [0.2, 0.25) is 22.8 Å². The number of rotatable bonds is 4. The number of benzene rings is 1. The van der Waals surface area contributed by atoms with Gasteiger partial charge in [0.15, 0.2) is 0 Å². The molecule has 5 aromatic rings. The maximum Gasteiger partial charge on any atom is 0.258 e. The fourth-order valence-corrected chi connectivity index (χ4v) is 3.18. The van der Waals surface area contributed by atoms with E-state index < -0.39 is 0 Å². The summed E-state index contributed by atoms with van der Waals surface area (Å²) in [7, 11) is 0. The van der Waals surface area contributed by atoms with Crippen LogP contribution in [-0.4, -0.2) is 30.1 Å². The van der Waals surface area contributed by atoms with Crippen molar-refractivity contribution in [2.45, 2.75) is 6.42 Å². The Labute approximate surface area is 172 Å². The highest BCUT2D eigenvalue weighted by atomic mass is 16.5. The van der Waals surface area contributed by atoms with Gasteiger partial charge in [-0.2, -0.15) is 4.98 Å². The number of hydrogen-bond acceptors (Lipinski definition) is 7. The average Bonchev–Trinajstić information content (AvgIpc) is 3.23. The first-order valence-electron chi connectivity index (χ1n) is 9.29. The van der Waals surface area contributed by atoms with Crippen molar-refractivity contribution in [2.24, 2.45) is 0 Å². The Morgan fingerprint density at radius 2 is 1.52 bits per heavy atom. The highest BCUT2D eigenvalue weighted by Gasteiger charge is 2.12. The molecule has 10 nitrogen and oxygen atoms in total. The minimum atomic E-state index is -0.299. The van der Waals surface area contributed by atoms with E-state index in [1.54, 1.807) is 30.5 Å². The lowest BCUT2D eigenvalue weighted by Gasteiger charge is -2.04. The van der Waals surface area contributed by atoms with E-state index in [1.165, 1.54) is 18.3 Å². The molecule has 5 rings (SSSR count). The summed E-state index contributed by atoms with van der Waals surface area (Å²) >= 11 is 0. The third-order valence-corrected chi connectivity index (χ3v) is 4.70. The number of fused-ring (bicyclic) bond motifs is 1. The van der Waals surface area contributed by atoms with E-state index in [2.05, 4.69) is 30.1 Å². The van der Waals surface area contributed by atoms with Crippen molar-refractivity contribution >= 4 is 10.9 Å². The third-order valence-electron chi connectivity index (χ3n) is 4.70. The summed E-state index contributed by atoms with van der Waals surface area (Å²) in [6, 6.07) is 11.4. The van der Waals surface area contributed by atoms with Crippen LogP contribution < -0.4 is 16.7 Å². The number of aromatic nitrogens is 6. The van der Waals surface area contributed by atoms with Crippen LogP contribution in [0.5, 0.6) is 0 Å². The fraction of sp³-hybridized carbons (Fsp3) is 0.0476. The number of hydrogen-bond donors (Lipinski definition) is 3. The molecule has 152 valence electrons. The van der Waals surface area contributed by atoms with Crippen LogP contribution in [-0.2, 0) is 6.42 Å². The van der Waals surface area contributed by atoms with Crippen LogP contribution in [0.1, 0.15) is 11.7 Å². The molecule has 0 saturated carbocycles. The first kappa shape index (κ1) is 18.4. The molecular formula is C21H14N6O4. The minimum Gasteiger partial charge on any atom is -0.338 e. The van der Waals surface area contributed by atoms with Crippen molar-refractivity contribution in [1.29, 1.82) is 0 Å². The molecule has 4 aromatic heterocycles. The number of aromatic amines is 3. The molecule has 0 radical (unpaired) electrons. The molecule has 4 heterocycles. The highest BCUT2D eigenvalue weighted by Crippen LogP contribution is 2.21. The maximum absolute atomic E-state index is 12.6. The summed E-state index contributed by atoms with van der Waals surface area (Å²) in [4.78, 5) is 51.7. The molecule has 10 heteroatoms. The molecule has 31 heavy (non-hydrogen) atoms. The van der Waals surface area contributed by atoms with Gasteiger partial charge in [-0.25, -0.2) is 4.98 Å². The second-order valence-electron chi connectivity index (χ2n) is 6.82. The normalized spacial score (nSPS) is 11.1. The van der Waals surface area contributed by atoms with Crippen molar-refractivity contribution in [2.75, 3.05) is 0 Å². The van der Waals surface area contributed by atoms with Gasteiger partial charge >= 0.3 is 0 Å². The van der Waals surface area contributed by atoms with Gasteiger partial charge in [0.05, 0.1) is 17.3 Å². The van der Waals surface area contributed by atoms with E-state index in [-0.39, 0.29) is 29.0 Å². The monoisotopic (exact) mass is 414 g/mol. The fourth-order valence-electron chi connectivity index (χ4n) is 3.18. The van der Waals surface area contributed by atoms with E-state index in [1.807, 2.05) is 6.07 Å². The Morgan fingerprint density at radius 1 is 0.806 bits per heavy atom. The van der Waals surface area contributed by atoms with Crippen LogP contribution in [0.2, 0.25) is 0 Å². The van der Waals surface area contributed by atoms with Crippen LogP contribution in [0.3, 0.4) is 0 Å². The summed E-state index contributed by atoms with van der Waals surface area (Å²) in [5.74, 6) is 0.972. The SMILES string of the molecule is O=c1ccc(-c2ccc3nc(Cc4nc(-c5ccc(=O)[nH]c5)no4)[nH]c(=O)c3c2)c[nH]1. The van der Waals surface area contributed by atoms with Crippen LogP contribution in [0.25, 0.3) is 33.4 Å². The van der Waals surface area contributed by atoms with Gasteiger partial charge in [-0.15, -0.1) is 0 Å². The second kappa shape index (κ2) is 7.34. The van der Waals surface area contributed by atoms with Gasteiger partial charge in [0, 0.05) is 30.1 Å². The lowest BCUT2D eigenvalue weighted by Crippen LogP contribution is -2.12. The van der Waals surface area contributed by atoms with E-state index in [0.717, 1.165) is 11.1 Å². The quantitative estimate of drug-likeness (QED) is 0.404. The molecule has 0 aliphatic carbocycles. The maximum atomic E-state index is 12.6. The lowest BCUT2D eigenvalue weighted by molar-refractivity contribution is 0.384. The van der Waals surface area contributed by atoms with Crippen LogP contribution in [0.4, 0.5) is 0 Å². The Bertz CT molecular complexity index is 1550. The first-order chi connectivity index (χ1) is 15.0. The predicted octanol–water partition coefficient (Wildman–Crippen LogP) is 1.61. The summed E-state index contributed by atoms with van der Waals surface area (Å²) in [6.45, 7) is 0. The lowest BCUT2D eigenvalue weighted by atomic mass is 10.1. The minimum absolute atomic E-state index is 0.142. The van der Waals surface area contributed by atoms with Gasteiger partial charge in [0.1, 0.15) is 5.82 Å². The van der Waals surface area contributed by atoms with Gasteiger partial charge in [-0.05, 0) is 35.4 Å². The largest absolute Gasteiger partial charge is 0.338 e. The number of nitrogens with zero attached hydrogens (tertiary/aromatic N) is 3. The van der Waals surface area contributed by atoms with Crippen molar-refractivity contribution in [3.8, 4) is 22.5 Å². The molecule has 0 amide bonds. The van der Waals surface area contributed by atoms with Crippen LogP contribution in [0, 0.1) is 0 Å². The number of pyridine rings is 2. The van der Waals surface area contributed by atoms with E-state index >= 15 is 0 Å². The Hall–Kier alpha value is -4.60. The molecule has 0 aliphatic heterocycles. The molecule has 0 unspecified atom stereocenters. The Kier molecular flexibility index (Phi) is 4.36. The van der Waals surface area contributed by atoms with E-state index in [0.29, 0.717) is 28.1 Å². The molecule has 0 atom stereocenters. The van der Waals surface area contributed by atoms with Crippen molar-refractivity contribution < 1.29 is 4.52 Å². The zero-order valence-electron chi connectivity index (χ0n) is 15.9. The average molecular weight is 414 g/mol. The predicted molar refractivity (Wildman–Crippen MR) is 112 cm³/mol. The highest BCUT2D eigenvalue weighted by molar-refractivity contribution is 5.83. The molecule has 0 spiro atoms. The van der Waals surface area contributed by atoms with Crippen LogP contribution >= 0.6 is 0 Å². The third kappa shape index (κ3) is 3.69. The van der Waals surface area contributed by atoms with Crippen LogP contribution in [0.15, 0.2) is 73.8 Å². The van der Waals surface area contributed by atoms with Gasteiger partial charge in [-0.3, -0.25) is 14.4 Å². The van der Waals surface area contributed by atoms with Gasteiger partial charge < -0.3 is 19.5 Å².